The lowest BCUT2D eigenvalue weighted by Crippen LogP contribution is -2.37. The fourth-order valence-electron chi connectivity index (χ4n) is 13.9. The van der Waals surface area contributed by atoms with Crippen molar-refractivity contribution in [1.29, 1.82) is 0 Å². The van der Waals surface area contributed by atoms with Gasteiger partial charge in [0.15, 0.2) is 11.6 Å². The zero-order valence-corrected chi connectivity index (χ0v) is 49.3. The van der Waals surface area contributed by atoms with Crippen LogP contribution < -0.4 is 10.1 Å². The molecule has 0 N–H and O–H groups in total. The molecule has 4 heterocycles. The predicted molar refractivity (Wildman–Crippen MR) is 352 cm³/mol. The average Bonchev–Trinajstić information content (AvgIpc) is 1.83. The Bertz CT molecular complexity index is 5250. The average molecular weight is 1100 g/mol. The standard InChI is InChI=1S/C76H59N5O2Si/c1-75(2,3)47-28-31-53-63(41-47)83-72-58(73-77-35-17-36-78-73)43-57-66(67(53)72)68-54(33-34-55-65-62(82-71(55)68)25-16-26-64(65)84(6,7)8)70(69(57)74-79-37-18-38-80-74)81(48-29-32-52-51-23-14-15-24-59(51)76(4,5)60(52)42-48)61-40-46-21-12-13-22-49(46)50-30-27-45(39-56(50)61)44-19-10-9-11-20-44/h9-43H,1-8H3. The summed E-state index contributed by atoms with van der Waals surface area (Å²) in [5.74, 6) is 1.12. The summed E-state index contributed by atoms with van der Waals surface area (Å²) in [4.78, 5) is 23.1. The fourth-order valence-corrected chi connectivity index (χ4v) is 15.5. The number of anilines is 3. The Labute approximate surface area is 487 Å². The molecule has 4 aromatic heterocycles. The second kappa shape index (κ2) is 18.1. The maximum Gasteiger partial charge on any atom is 0.162 e. The highest BCUT2D eigenvalue weighted by molar-refractivity contribution is 6.90. The van der Waals surface area contributed by atoms with Crippen molar-refractivity contribution in [2.24, 2.45) is 0 Å². The molecule has 7 nitrogen and oxygen atoms in total. The molecule has 0 atom stereocenters. The van der Waals surface area contributed by atoms with E-state index in [9.17, 15) is 0 Å². The molecule has 15 aromatic rings. The Balaban J connectivity index is 1.17. The molecule has 84 heavy (non-hydrogen) atoms. The molecular weight excluding hydrogens is 1040 g/mol. The molecule has 0 saturated carbocycles. The van der Waals surface area contributed by atoms with Crippen LogP contribution in [0.5, 0.6) is 0 Å². The van der Waals surface area contributed by atoms with Gasteiger partial charge in [-0.2, -0.15) is 0 Å². The number of rotatable bonds is 7. The van der Waals surface area contributed by atoms with Crippen LogP contribution in [0.3, 0.4) is 0 Å². The summed E-state index contributed by atoms with van der Waals surface area (Å²) in [5, 5.41) is 13.9. The van der Waals surface area contributed by atoms with E-state index in [1.165, 1.54) is 43.8 Å². The third kappa shape index (κ3) is 7.42. The van der Waals surface area contributed by atoms with Gasteiger partial charge in [-0.05, 0) is 132 Å². The van der Waals surface area contributed by atoms with E-state index in [2.05, 4.69) is 235 Å². The van der Waals surface area contributed by atoms with Crippen molar-refractivity contribution >= 4 is 117 Å². The molecule has 0 fully saturated rings. The minimum absolute atomic E-state index is 0.137. The van der Waals surface area contributed by atoms with Crippen molar-refractivity contribution in [2.45, 2.75) is 65.1 Å². The van der Waals surface area contributed by atoms with Gasteiger partial charge in [0.2, 0.25) is 0 Å². The molecule has 1 aliphatic rings. The molecule has 0 bridgehead atoms. The third-order valence-electron chi connectivity index (χ3n) is 17.9. The lowest BCUT2D eigenvalue weighted by molar-refractivity contribution is 0.587. The SMILES string of the molecule is CC(C)(C)c1ccc2c(c1)oc1c(-c3ncccn3)cc3c(-c4ncccn4)c(N(c4ccc5c(c4)C(C)(C)c4ccccc4-5)c4cc5ccccc5c5ccc(-c6ccccc6)cc45)c4ccc5c(oc6cccc([Si](C)(C)C)c65)c4c3c12. The van der Waals surface area contributed by atoms with Crippen molar-refractivity contribution in [3.63, 3.8) is 0 Å². The zero-order chi connectivity index (χ0) is 57.0. The van der Waals surface area contributed by atoms with Crippen LogP contribution in [-0.2, 0) is 10.8 Å². The van der Waals surface area contributed by atoms with Crippen molar-refractivity contribution < 1.29 is 8.83 Å². The minimum atomic E-state index is -1.94. The minimum Gasteiger partial charge on any atom is -0.455 e. The van der Waals surface area contributed by atoms with Crippen LogP contribution in [0.2, 0.25) is 19.6 Å². The number of fused-ring (bicyclic) bond motifs is 17. The van der Waals surface area contributed by atoms with Crippen molar-refractivity contribution in [3.8, 4) is 45.0 Å². The maximum absolute atomic E-state index is 7.55. The summed E-state index contributed by atoms with van der Waals surface area (Å²) in [7, 11) is -1.94. The first-order valence-electron chi connectivity index (χ1n) is 29.1. The Hall–Kier alpha value is -9.76. The van der Waals surface area contributed by atoms with E-state index in [-0.39, 0.29) is 10.8 Å². The second-order valence-electron chi connectivity index (χ2n) is 25.4. The summed E-state index contributed by atoms with van der Waals surface area (Å²) in [5.41, 5.74) is 15.8. The fraction of sp³-hybridized carbons (Fsp3) is 0.132. The number of furan rings is 2. The highest BCUT2D eigenvalue weighted by Crippen LogP contribution is 2.58. The largest absolute Gasteiger partial charge is 0.455 e. The van der Waals surface area contributed by atoms with Crippen molar-refractivity contribution in [3.05, 3.63) is 230 Å². The summed E-state index contributed by atoms with van der Waals surface area (Å²) in [6.07, 6.45) is 7.34. The molecular formula is C76H59N5O2Si. The van der Waals surface area contributed by atoms with Gasteiger partial charge in [0.05, 0.1) is 30.6 Å². The van der Waals surface area contributed by atoms with Crippen LogP contribution >= 0.6 is 0 Å². The lowest BCUT2D eigenvalue weighted by atomic mass is 9.82. The first-order valence-corrected chi connectivity index (χ1v) is 32.6. The molecule has 404 valence electrons. The Morgan fingerprint density at radius 1 is 0.440 bits per heavy atom. The number of hydrogen-bond donors (Lipinski definition) is 0. The van der Waals surface area contributed by atoms with E-state index in [4.69, 9.17) is 28.8 Å². The Morgan fingerprint density at radius 2 is 1.12 bits per heavy atom. The highest BCUT2D eigenvalue weighted by atomic mass is 28.3. The molecule has 8 heteroatoms. The van der Waals surface area contributed by atoms with Gasteiger partial charge >= 0.3 is 0 Å². The second-order valence-corrected chi connectivity index (χ2v) is 30.4. The molecule has 16 rings (SSSR count). The lowest BCUT2D eigenvalue weighted by Gasteiger charge is -2.33. The molecule has 0 spiro atoms. The molecule has 11 aromatic carbocycles. The first-order chi connectivity index (χ1) is 40.7. The van der Waals surface area contributed by atoms with Gasteiger partial charge in [-0.1, -0.05) is 182 Å². The van der Waals surface area contributed by atoms with Crippen molar-refractivity contribution in [2.75, 3.05) is 4.90 Å². The smallest absolute Gasteiger partial charge is 0.162 e. The molecule has 0 unspecified atom stereocenters. The van der Waals surface area contributed by atoms with E-state index in [1.54, 1.807) is 0 Å². The van der Waals surface area contributed by atoms with Gasteiger partial charge in [-0.3, -0.25) is 0 Å². The molecule has 0 radical (unpaired) electrons. The van der Waals surface area contributed by atoms with E-state index in [0.29, 0.717) is 17.2 Å². The maximum atomic E-state index is 7.55. The van der Waals surface area contributed by atoms with Crippen LogP contribution in [0.15, 0.2) is 222 Å². The zero-order valence-electron chi connectivity index (χ0n) is 48.3. The summed E-state index contributed by atoms with van der Waals surface area (Å²) >= 11 is 0. The first kappa shape index (κ1) is 50.0. The van der Waals surface area contributed by atoms with Crippen molar-refractivity contribution in [1.82, 2.24) is 19.9 Å². The van der Waals surface area contributed by atoms with E-state index < -0.39 is 8.07 Å². The predicted octanol–water partition coefficient (Wildman–Crippen LogP) is 20.3. The normalized spacial score (nSPS) is 13.3. The molecule has 0 aliphatic heterocycles. The number of aromatic nitrogens is 4. The van der Waals surface area contributed by atoms with E-state index in [0.717, 1.165) is 110 Å². The van der Waals surface area contributed by atoms with Gasteiger partial charge in [0.1, 0.15) is 22.3 Å². The van der Waals surface area contributed by atoms with Crippen LogP contribution in [0.4, 0.5) is 17.1 Å². The van der Waals surface area contributed by atoms with Crippen LogP contribution in [0.25, 0.3) is 132 Å². The van der Waals surface area contributed by atoms with Crippen LogP contribution in [-0.4, -0.2) is 28.0 Å². The monoisotopic (exact) mass is 1100 g/mol. The van der Waals surface area contributed by atoms with Gasteiger partial charge < -0.3 is 13.7 Å². The Morgan fingerprint density at radius 3 is 1.90 bits per heavy atom. The van der Waals surface area contributed by atoms with Gasteiger partial charge in [0, 0.05) is 79.0 Å². The van der Waals surface area contributed by atoms with Crippen LogP contribution in [0.1, 0.15) is 51.3 Å². The Kier molecular flexibility index (Phi) is 10.8. The van der Waals surface area contributed by atoms with Gasteiger partial charge in [-0.15, -0.1) is 0 Å². The summed E-state index contributed by atoms with van der Waals surface area (Å²) in [6.45, 7) is 18.7. The molecule has 1 aliphatic carbocycles. The van der Waals surface area contributed by atoms with Gasteiger partial charge in [-0.25, -0.2) is 19.9 Å². The van der Waals surface area contributed by atoms with E-state index >= 15 is 0 Å². The highest BCUT2D eigenvalue weighted by Gasteiger charge is 2.38. The topological polar surface area (TPSA) is 81.1 Å². The summed E-state index contributed by atoms with van der Waals surface area (Å²) in [6, 6.07) is 68.9. The van der Waals surface area contributed by atoms with Gasteiger partial charge in [0.25, 0.3) is 0 Å². The third-order valence-corrected chi connectivity index (χ3v) is 20.0. The summed E-state index contributed by atoms with van der Waals surface area (Å²) < 4.78 is 14.9. The quantitative estimate of drug-likeness (QED) is 0.116. The molecule has 0 amide bonds. The number of hydrogen-bond acceptors (Lipinski definition) is 7. The molecule has 0 saturated heterocycles. The number of nitrogens with zero attached hydrogens (tertiary/aromatic N) is 5. The number of benzene rings is 11. The van der Waals surface area contributed by atoms with E-state index in [1.807, 2.05) is 36.9 Å². The van der Waals surface area contributed by atoms with Crippen LogP contribution in [0, 0.1) is 0 Å².